The van der Waals surface area contributed by atoms with Crippen molar-refractivity contribution in [1.82, 2.24) is 20.2 Å². The van der Waals surface area contributed by atoms with Gasteiger partial charge in [-0.05, 0) is 30.4 Å². The molecule has 0 bridgehead atoms. The van der Waals surface area contributed by atoms with Crippen molar-refractivity contribution in [3.8, 4) is 11.4 Å². The molecule has 132 valence electrons. The van der Waals surface area contributed by atoms with Crippen molar-refractivity contribution in [3.05, 3.63) is 64.9 Å². The Morgan fingerprint density at radius 1 is 1.12 bits per heavy atom. The zero-order chi connectivity index (χ0) is 18.1. The zero-order valence-corrected chi connectivity index (χ0v) is 15.2. The second-order valence-corrected chi connectivity index (χ2v) is 7.27. The monoisotopic (exact) mass is 364 g/mol. The van der Waals surface area contributed by atoms with Crippen LogP contribution in [0.5, 0.6) is 0 Å². The lowest BCUT2D eigenvalue weighted by Crippen LogP contribution is -2.36. The van der Waals surface area contributed by atoms with E-state index in [1.807, 2.05) is 36.6 Å². The molecular weight excluding hydrogens is 344 g/mol. The summed E-state index contributed by atoms with van der Waals surface area (Å²) in [5, 5.41) is 9.01. The first kappa shape index (κ1) is 16.8. The summed E-state index contributed by atoms with van der Waals surface area (Å²) in [5.41, 5.74) is 17.6. The van der Waals surface area contributed by atoms with E-state index < -0.39 is 0 Å². The van der Waals surface area contributed by atoms with Crippen LogP contribution in [0.2, 0.25) is 0 Å². The van der Waals surface area contributed by atoms with Crippen LogP contribution in [0.1, 0.15) is 23.0 Å². The van der Waals surface area contributed by atoms with Crippen LogP contribution in [0.15, 0.2) is 48.0 Å². The lowest BCUT2D eigenvalue weighted by Gasteiger charge is -2.20. The van der Waals surface area contributed by atoms with Gasteiger partial charge in [-0.1, -0.05) is 30.3 Å². The van der Waals surface area contributed by atoms with E-state index in [9.17, 15) is 0 Å². The van der Waals surface area contributed by atoms with E-state index in [-0.39, 0.29) is 12.1 Å². The van der Waals surface area contributed by atoms with Gasteiger partial charge in [0.05, 0.1) is 33.7 Å². The van der Waals surface area contributed by atoms with E-state index in [1.165, 1.54) is 0 Å². The Kier molecular flexibility index (Phi) is 4.50. The van der Waals surface area contributed by atoms with Crippen molar-refractivity contribution in [2.24, 2.45) is 11.5 Å². The van der Waals surface area contributed by atoms with E-state index in [2.05, 4.69) is 27.3 Å². The number of nitrogens with two attached hydrogens (primary N) is 2. The van der Waals surface area contributed by atoms with Gasteiger partial charge in [0, 0.05) is 11.7 Å². The minimum absolute atomic E-state index is 0.240. The number of rotatable bonds is 5. The standard InChI is InChI=1S/C19H20N6S/c1-11-13(10-22-25-11)19-23-15-7-8-26-18(15)17(24-19)16(21)14(20)9-12-5-3-2-4-6-12/h2-8,10,14,16H,9,20-21H2,1H3,(H,22,25). The third kappa shape index (κ3) is 3.12. The Labute approximate surface area is 155 Å². The Balaban J connectivity index is 1.72. The van der Waals surface area contributed by atoms with Crippen molar-refractivity contribution in [1.29, 1.82) is 0 Å². The Morgan fingerprint density at radius 2 is 1.92 bits per heavy atom. The van der Waals surface area contributed by atoms with E-state index in [4.69, 9.17) is 16.5 Å². The van der Waals surface area contributed by atoms with Gasteiger partial charge >= 0.3 is 0 Å². The number of hydrogen-bond acceptors (Lipinski definition) is 6. The van der Waals surface area contributed by atoms with Crippen LogP contribution >= 0.6 is 11.3 Å². The fourth-order valence-electron chi connectivity index (χ4n) is 3.02. The normalized spacial score (nSPS) is 13.8. The largest absolute Gasteiger partial charge is 0.326 e. The van der Waals surface area contributed by atoms with Crippen LogP contribution in [0, 0.1) is 6.92 Å². The van der Waals surface area contributed by atoms with Crippen molar-refractivity contribution < 1.29 is 0 Å². The molecule has 3 aromatic heterocycles. The van der Waals surface area contributed by atoms with Crippen LogP contribution in [0.3, 0.4) is 0 Å². The SMILES string of the molecule is Cc1[nH]ncc1-c1nc(C(N)C(N)Cc2ccccc2)c2sccc2n1. The summed E-state index contributed by atoms with van der Waals surface area (Å²) < 4.78 is 0.992. The number of nitrogens with zero attached hydrogens (tertiary/aromatic N) is 3. The third-order valence-corrected chi connectivity index (χ3v) is 5.42. The lowest BCUT2D eigenvalue weighted by molar-refractivity contribution is 0.537. The number of fused-ring (bicyclic) bond motifs is 1. The van der Waals surface area contributed by atoms with Crippen LogP contribution in [-0.4, -0.2) is 26.2 Å². The van der Waals surface area contributed by atoms with Gasteiger partial charge in [0.15, 0.2) is 5.82 Å². The van der Waals surface area contributed by atoms with Crippen molar-refractivity contribution in [2.75, 3.05) is 0 Å². The first-order valence-corrected chi connectivity index (χ1v) is 9.32. The highest BCUT2D eigenvalue weighted by molar-refractivity contribution is 7.17. The average molecular weight is 364 g/mol. The summed E-state index contributed by atoms with van der Waals surface area (Å²) in [4.78, 5) is 9.44. The predicted molar refractivity (Wildman–Crippen MR) is 105 cm³/mol. The summed E-state index contributed by atoms with van der Waals surface area (Å²) in [6.45, 7) is 1.95. The van der Waals surface area contributed by atoms with E-state index in [0.717, 1.165) is 32.7 Å². The first-order valence-electron chi connectivity index (χ1n) is 8.44. The lowest BCUT2D eigenvalue weighted by atomic mass is 9.98. The summed E-state index contributed by atoms with van der Waals surface area (Å²) >= 11 is 1.59. The predicted octanol–water partition coefficient (Wildman–Crippen LogP) is 2.96. The number of H-pyrrole nitrogens is 1. The Morgan fingerprint density at radius 3 is 2.65 bits per heavy atom. The molecule has 0 amide bonds. The van der Waals surface area contributed by atoms with Gasteiger partial charge in [-0.3, -0.25) is 5.10 Å². The van der Waals surface area contributed by atoms with Crippen LogP contribution < -0.4 is 11.5 Å². The molecule has 0 radical (unpaired) electrons. The van der Waals surface area contributed by atoms with Crippen molar-refractivity contribution >= 4 is 21.6 Å². The quantitative estimate of drug-likeness (QED) is 0.505. The van der Waals surface area contributed by atoms with Gasteiger partial charge in [0.1, 0.15) is 0 Å². The van der Waals surface area contributed by atoms with Crippen LogP contribution in [0.25, 0.3) is 21.6 Å². The summed E-state index contributed by atoms with van der Waals surface area (Å²) in [6, 6.07) is 11.5. The zero-order valence-electron chi connectivity index (χ0n) is 14.4. The Hall–Kier alpha value is -2.61. The molecule has 0 aliphatic rings. The number of hydrogen-bond donors (Lipinski definition) is 3. The fraction of sp³-hybridized carbons (Fsp3) is 0.211. The molecule has 2 unspecified atom stereocenters. The molecule has 4 rings (SSSR count). The summed E-state index contributed by atoms with van der Waals surface area (Å²) in [5.74, 6) is 0.625. The van der Waals surface area contributed by atoms with Gasteiger partial charge in [0.25, 0.3) is 0 Å². The highest BCUT2D eigenvalue weighted by Crippen LogP contribution is 2.30. The maximum absolute atomic E-state index is 6.54. The molecule has 0 saturated heterocycles. The average Bonchev–Trinajstić information content (AvgIpc) is 3.29. The second-order valence-electron chi connectivity index (χ2n) is 6.36. The molecule has 4 aromatic rings. The molecule has 3 heterocycles. The maximum Gasteiger partial charge on any atom is 0.163 e. The number of aromatic nitrogens is 4. The van der Waals surface area contributed by atoms with Crippen molar-refractivity contribution in [3.63, 3.8) is 0 Å². The van der Waals surface area contributed by atoms with Gasteiger partial charge in [-0.2, -0.15) is 5.10 Å². The minimum Gasteiger partial charge on any atom is -0.326 e. The van der Waals surface area contributed by atoms with Gasteiger partial charge in [-0.15, -0.1) is 11.3 Å². The highest BCUT2D eigenvalue weighted by atomic mass is 32.1. The molecule has 0 fully saturated rings. The van der Waals surface area contributed by atoms with Gasteiger partial charge < -0.3 is 11.5 Å². The number of benzene rings is 1. The molecular formula is C19H20N6S. The minimum atomic E-state index is -0.384. The molecule has 6 nitrogen and oxygen atoms in total. The van der Waals surface area contributed by atoms with Crippen LogP contribution in [0.4, 0.5) is 0 Å². The smallest absolute Gasteiger partial charge is 0.163 e. The Bertz CT molecular complexity index is 1020. The van der Waals surface area contributed by atoms with E-state index in [0.29, 0.717) is 12.2 Å². The van der Waals surface area contributed by atoms with E-state index >= 15 is 0 Å². The highest BCUT2D eigenvalue weighted by Gasteiger charge is 2.23. The number of aromatic amines is 1. The molecule has 7 heteroatoms. The molecule has 0 aliphatic heterocycles. The molecule has 0 aliphatic carbocycles. The van der Waals surface area contributed by atoms with E-state index in [1.54, 1.807) is 17.5 Å². The molecule has 0 saturated carbocycles. The second kappa shape index (κ2) is 6.95. The van der Waals surface area contributed by atoms with Crippen molar-refractivity contribution in [2.45, 2.75) is 25.4 Å². The summed E-state index contributed by atoms with van der Waals surface area (Å²) in [7, 11) is 0. The molecule has 2 atom stereocenters. The molecule has 26 heavy (non-hydrogen) atoms. The molecule has 1 aromatic carbocycles. The first-order chi connectivity index (χ1) is 12.6. The molecule has 0 spiro atoms. The number of thiophene rings is 1. The molecule has 5 N–H and O–H groups in total. The van der Waals surface area contributed by atoms with Gasteiger partial charge in [0.2, 0.25) is 0 Å². The number of aryl methyl sites for hydroxylation is 1. The number of nitrogens with one attached hydrogen (secondary N) is 1. The van der Waals surface area contributed by atoms with Gasteiger partial charge in [-0.25, -0.2) is 9.97 Å². The maximum atomic E-state index is 6.54. The van der Waals surface area contributed by atoms with Crippen LogP contribution in [-0.2, 0) is 6.42 Å². The topological polar surface area (TPSA) is 106 Å². The summed E-state index contributed by atoms with van der Waals surface area (Å²) in [6.07, 6.45) is 2.43. The fourth-order valence-corrected chi connectivity index (χ4v) is 3.89. The third-order valence-electron chi connectivity index (χ3n) is 4.49.